The second-order valence-corrected chi connectivity index (χ2v) is 10.7. The van der Waals surface area contributed by atoms with Gasteiger partial charge in [-0.2, -0.15) is 27.2 Å². The van der Waals surface area contributed by atoms with Crippen molar-refractivity contribution in [3.05, 3.63) is 35.6 Å². The molecule has 0 aliphatic heterocycles. The van der Waals surface area contributed by atoms with Crippen LogP contribution in [0.1, 0.15) is 37.3 Å². The first-order chi connectivity index (χ1) is 15.2. The largest absolute Gasteiger partial charge is 0.455 e. The number of nitrogens with one attached hydrogen (secondary N) is 2. The molecule has 3 rings (SSSR count). The molecule has 0 bridgehead atoms. The molecule has 182 valence electrons. The van der Waals surface area contributed by atoms with E-state index < -0.39 is 62.6 Å². The maximum absolute atomic E-state index is 14.5. The zero-order chi connectivity index (χ0) is 24.7. The van der Waals surface area contributed by atoms with Crippen molar-refractivity contribution in [2.24, 2.45) is 5.92 Å². The van der Waals surface area contributed by atoms with Crippen LogP contribution in [-0.4, -0.2) is 49.5 Å². The van der Waals surface area contributed by atoms with Gasteiger partial charge in [0.2, 0.25) is 5.91 Å². The number of carbonyl (C=O) groups excluding carboxylic acids is 1. The Morgan fingerprint density at radius 2 is 1.73 bits per heavy atom. The summed E-state index contributed by atoms with van der Waals surface area (Å²) in [6.45, 7) is 0. The van der Waals surface area contributed by atoms with E-state index in [0.717, 1.165) is 0 Å². The minimum Gasteiger partial charge on any atom is -0.336 e. The first-order valence-electron chi connectivity index (χ1n) is 10.1. The van der Waals surface area contributed by atoms with E-state index in [1.54, 1.807) is 0 Å². The third-order valence-corrected chi connectivity index (χ3v) is 7.38. The molecule has 0 radical (unpaired) electrons. The van der Waals surface area contributed by atoms with E-state index in [4.69, 9.17) is 5.26 Å². The zero-order valence-electron chi connectivity index (χ0n) is 17.1. The molecular weight excluding hydrogens is 476 g/mol. The summed E-state index contributed by atoms with van der Waals surface area (Å²) < 4.78 is 107. The predicted molar refractivity (Wildman–Crippen MR) is 104 cm³/mol. The molecule has 0 saturated heterocycles. The fourth-order valence-corrected chi connectivity index (χ4v) is 5.25. The van der Waals surface area contributed by atoms with E-state index >= 15 is 0 Å². The van der Waals surface area contributed by atoms with Gasteiger partial charge in [-0.1, -0.05) is 12.1 Å². The molecule has 0 heterocycles. The maximum atomic E-state index is 14.5. The first kappa shape index (κ1) is 25.3. The molecule has 2 aliphatic rings. The Kier molecular flexibility index (Phi) is 6.74. The second kappa shape index (κ2) is 8.79. The zero-order valence-corrected chi connectivity index (χ0v) is 17.9. The number of nitriles is 1. The highest BCUT2D eigenvalue weighted by Gasteiger charge is 2.63. The molecule has 13 heteroatoms. The molecule has 1 aromatic rings. The van der Waals surface area contributed by atoms with Gasteiger partial charge in [0.15, 0.2) is 9.84 Å². The highest BCUT2D eigenvalue weighted by atomic mass is 32.2. The van der Waals surface area contributed by atoms with Gasteiger partial charge in [0, 0.05) is 0 Å². The molecule has 1 amide bonds. The summed E-state index contributed by atoms with van der Waals surface area (Å²) in [6, 6.07) is -0.361. The number of halogens is 6. The van der Waals surface area contributed by atoms with Gasteiger partial charge in [-0.05, 0) is 49.3 Å². The van der Waals surface area contributed by atoms with Crippen molar-refractivity contribution in [2.75, 3.05) is 11.5 Å². The third kappa shape index (κ3) is 6.17. The van der Waals surface area contributed by atoms with Crippen molar-refractivity contribution in [2.45, 2.75) is 55.4 Å². The highest BCUT2D eigenvalue weighted by molar-refractivity contribution is 7.91. The van der Waals surface area contributed by atoms with Crippen LogP contribution in [0.2, 0.25) is 0 Å². The number of carbonyl (C=O) groups is 1. The number of alkyl halides is 5. The van der Waals surface area contributed by atoms with Crippen molar-refractivity contribution in [3.63, 3.8) is 0 Å². The summed E-state index contributed by atoms with van der Waals surface area (Å²) in [5.74, 6) is -9.04. The highest BCUT2D eigenvalue weighted by Crippen LogP contribution is 2.45. The van der Waals surface area contributed by atoms with Crippen molar-refractivity contribution in [1.29, 1.82) is 5.26 Å². The van der Waals surface area contributed by atoms with Crippen LogP contribution in [0.15, 0.2) is 24.3 Å². The van der Waals surface area contributed by atoms with Gasteiger partial charge in [-0.3, -0.25) is 10.1 Å². The Morgan fingerprint density at radius 3 is 2.18 bits per heavy atom. The number of rotatable bonds is 10. The van der Waals surface area contributed by atoms with Crippen LogP contribution in [0, 0.1) is 23.1 Å². The Hall–Kier alpha value is -2.33. The number of amides is 1. The fraction of sp³-hybridized carbons (Fsp3) is 0.600. The summed E-state index contributed by atoms with van der Waals surface area (Å²) in [7, 11) is -4.01. The lowest BCUT2D eigenvalue weighted by molar-refractivity contribution is -0.294. The average Bonchev–Trinajstić information content (AvgIpc) is 3.62. The number of hydrogen-bond acceptors (Lipinski definition) is 5. The maximum Gasteiger partial charge on any atom is 0.455 e. The van der Waals surface area contributed by atoms with Gasteiger partial charge in [0.25, 0.3) is 0 Å². The third-order valence-electron chi connectivity index (χ3n) is 5.56. The molecule has 0 spiro atoms. The fourth-order valence-electron chi connectivity index (χ4n) is 3.31. The minimum absolute atomic E-state index is 0.155. The second-order valence-electron chi connectivity index (χ2n) is 8.53. The van der Waals surface area contributed by atoms with E-state index in [9.17, 15) is 39.6 Å². The van der Waals surface area contributed by atoms with Crippen LogP contribution in [0.25, 0.3) is 0 Å². The minimum atomic E-state index is -6.06. The molecule has 6 nitrogen and oxygen atoms in total. The molecule has 2 saturated carbocycles. The monoisotopic (exact) mass is 497 g/mol. The van der Waals surface area contributed by atoms with E-state index in [1.807, 2.05) is 11.4 Å². The lowest BCUT2D eigenvalue weighted by Crippen LogP contribution is -2.57. The van der Waals surface area contributed by atoms with Gasteiger partial charge in [-0.25, -0.2) is 12.8 Å². The van der Waals surface area contributed by atoms with Crippen LogP contribution >= 0.6 is 0 Å². The molecule has 2 N–H and O–H groups in total. The standard InChI is InChI=1S/C20H21F6N3O3S/c21-14-5-3-13(4-6-14)16(19(22,23)20(24,25)26)28-15(10-33(31,32)9-12-1-2-12)17(30)29-18(11-27)7-8-18/h3-6,12,15-16,28H,1-2,7-10H2,(H,29,30)/t15-,16-/m0/s1. The van der Waals surface area contributed by atoms with Gasteiger partial charge in [0.1, 0.15) is 23.4 Å². The lowest BCUT2D eigenvalue weighted by Gasteiger charge is -2.33. The number of benzene rings is 1. The SMILES string of the molecule is N#CC1(NC(=O)[C@H](CS(=O)(=O)CC2CC2)N[C@@H](c2ccc(F)cc2)C(F)(F)C(F)(F)F)CC1. The quantitative estimate of drug-likeness (QED) is 0.485. The molecule has 1 aromatic carbocycles. The van der Waals surface area contributed by atoms with E-state index in [0.29, 0.717) is 37.1 Å². The van der Waals surface area contributed by atoms with Gasteiger partial charge in [0.05, 0.1) is 17.6 Å². The van der Waals surface area contributed by atoms with Gasteiger partial charge >= 0.3 is 12.1 Å². The molecule has 2 atom stereocenters. The van der Waals surface area contributed by atoms with Crippen LogP contribution < -0.4 is 10.6 Å². The number of hydrogen-bond donors (Lipinski definition) is 2. The molecular formula is C20H21F6N3O3S. The molecule has 2 fully saturated rings. The summed E-state index contributed by atoms with van der Waals surface area (Å²) >= 11 is 0. The normalized spacial score (nSPS) is 19.9. The van der Waals surface area contributed by atoms with E-state index in [1.165, 1.54) is 0 Å². The van der Waals surface area contributed by atoms with Crippen LogP contribution in [-0.2, 0) is 14.6 Å². The Balaban J connectivity index is 1.95. The summed E-state index contributed by atoms with van der Waals surface area (Å²) in [5.41, 5.74) is -2.01. The summed E-state index contributed by atoms with van der Waals surface area (Å²) in [5, 5.41) is 13.3. The van der Waals surface area contributed by atoms with Crippen molar-refractivity contribution in [3.8, 4) is 6.07 Å². The van der Waals surface area contributed by atoms with Gasteiger partial charge < -0.3 is 5.32 Å². The topological polar surface area (TPSA) is 99.1 Å². The van der Waals surface area contributed by atoms with Crippen LogP contribution in [0.5, 0.6) is 0 Å². The lowest BCUT2D eigenvalue weighted by atomic mass is 9.98. The molecule has 0 unspecified atom stereocenters. The van der Waals surface area contributed by atoms with E-state index in [2.05, 4.69) is 5.32 Å². The molecule has 0 aromatic heterocycles. The summed E-state index contributed by atoms with van der Waals surface area (Å²) in [4.78, 5) is 12.8. The van der Waals surface area contributed by atoms with Crippen molar-refractivity contribution in [1.82, 2.24) is 10.6 Å². The van der Waals surface area contributed by atoms with Crippen molar-refractivity contribution >= 4 is 15.7 Å². The Labute approximate surface area is 186 Å². The van der Waals surface area contributed by atoms with Gasteiger partial charge in [-0.15, -0.1) is 0 Å². The van der Waals surface area contributed by atoms with Crippen LogP contribution in [0.4, 0.5) is 26.3 Å². The van der Waals surface area contributed by atoms with E-state index in [-0.39, 0.29) is 24.5 Å². The molecule has 2 aliphatic carbocycles. The smallest absolute Gasteiger partial charge is 0.336 e. The summed E-state index contributed by atoms with van der Waals surface area (Å²) in [6.07, 6.45) is -4.33. The van der Waals surface area contributed by atoms with Crippen LogP contribution in [0.3, 0.4) is 0 Å². The average molecular weight is 497 g/mol. The first-order valence-corrected chi connectivity index (χ1v) is 11.9. The predicted octanol–water partition coefficient (Wildman–Crippen LogP) is 3.02. The number of sulfone groups is 1. The van der Waals surface area contributed by atoms with Crippen molar-refractivity contribution < 1.29 is 39.6 Å². The molecule has 33 heavy (non-hydrogen) atoms. The Bertz CT molecular complexity index is 1030. The number of nitrogens with zero attached hydrogens (tertiary/aromatic N) is 1. The Morgan fingerprint density at radius 1 is 1.15 bits per heavy atom.